The molecule has 0 spiro atoms. The molecule has 0 aliphatic carbocycles. The Kier molecular flexibility index (Phi) is 6.33. The summed E-state index contributed by atoms with van der Waals surface area (Å²) in [7, 11) is 1.76. The van der Waals surface area contributed by atoms with E-state index in [1.54, 1.807) is 24.1 Å². The number of H-pyrrole nitrogens is 1. The molecule has 1 aliphatic heterocycles. The smallest absolute Gasteiger partial charge is 0.387 e. The number of rotatable bonds is 5. The number of aromatic nitrogens is 2. The van der Waals surface area contributed by atoms with Crippen LogP contribution in [0.2, 0.25) is 0 Å². The molecule has 1 aromatic heterocycles. The second-order valence-corrected chi connectivity index (χ2v) is 5.63. The third-order valence-electron chi connectivity index (χ3n) is 4.12. The Morgan fingerprint density at radius 1 is 1.44 bits per heavy atom. The number of likely N-dealkylation sites (N-methyl/N-ethyl adjacent to an activating group) is 1. The summed E-state index contributed by atoms with van der Waals surface area (Å²) in [4.78, 5) is 14.4. The van der Waals surface area contributed by atoms with Crippen molar-refractivity contribution in [3.8, 4) is 17.0 Å². The highest BCUT2D eigenvalue weighted by Gasteiger charge is 2.26. The van der Waals surface area contributed by atoms with E-state index in [1.807, 2.05) is 0 Å². The first-order valence-electron chi connectivity index (χ1n) is 7.62. The van der Waals surface area contributed by atoms with Gasteiger partial charge in [0.2, 0.25) is 0 Å². The Morgan fingerprint density at radius 2 is 2.24 bits per heavy atom. The maximum Gasteiger partial charge on any atom is 0.387 e. The molecule has 1 amide bonds. The predicted molar refractivity (Wildman–Crippen MR) is 91.3 cm³/mol. The lowest BCUT2D eigenvalue weighted by Crippen LogP contribution is -2.38. The number of carbonyl (C=O) groups is 1. The quantitative estimate of drug-likeness (QED) is 0.846. The zero-order valence-electron chi connectivity index (χ0n) is 13.5. The number of alkyl halides is 2. The molecule has 136 valence electrons. The number of nitrogens with zero attached hydrogens (tertiary/aromatic N) is 2. The normalized spacial score (nSPS) is 16.6. The number of ether oxygens (including phenoxy) is 1. The maximum absolute atomic E-state index is 12.7. The standard InChI is InChI=1S/C16H18F2N4O2.ClH/c1-22(11-5-6-19-8-11)15(23)13-9-20-21-14(13)10-3-2-4-12(7-10)24-16(17)18;/h2-4,7,9,11,16,19H,5-6,8H2,1H3,(H,20,21);1H. The van der Waals surface area contributed by atoms with Crippen LogP contribution in [0.1, 0.15) is 16.8 Å². The Morgan fingerprint density at radius 3 is 2.92 bits per heavy atom. The molecule has 25 heavy (non-hydrogen) atoms. The first-order chi connectivity index (χ1) is 11.6. The van der Waals surface area contributed by atoms with E-state index in [0.717, 1.165) is 19.5 Å². The van der Waals surface area contributed by atoms with E-state index < -0.39 is 6.61 Å². The molecule has 1 fully saturated rings. The van der Waals surface area contributed by atoms with Crippen molar-refractivity contribution in [3.05, 3.63) is 36.0 Å². The van der Waals surface area contributed by atoms with Gasteiger partial charge in [0.1, 0.15) is 5.75 Å². The molecule has 1 unspecified atom stereocenters. The second kappa shape index (κ2) is 8.26. The summed E-state index contributed by atoms with van der Waals surface area (Å²) in [5.41, 5.74) is 1.45. The van der Waals surface area contributed by atoms with E-state index >= 15 is 0 Å². The van der Waals surface area contributed by atoms with Crippen molar-refractivity contribution in [2.45, 2.75) is 19.1 Å². The zero-order chi connectivity index (χ0) is 17.1. The van der Waals surface area contributed by atoms with Gasteiger partial charge < -0.3 is 15.0 Å². The first kappa shape index (κ1) is 19.1. The lowest BCUT2D eigenvalue weighted by Gasteiger charge is -2.23. The highest BCUT2D eigenvalue weighted by molar-refractivity contribution is 5.99. The number of hydrogen-bond donors (Lipinski definition) is 2. The van der Waals surface area contributed by atoms with Gasteiger partial charge in [-0.3, -0.25) is 9.89 Å². The summed E-state index contributed by atoms with van der Waals surface area (Å²) in [6.45, 7) is -1.26. The maximum atomic E-state index is 12.7. The van der Waals surface area contributed by atoms with Crippen LogP contribution in [0.3, 0.4) is 0 Å². The molecule has 1 aliphatic rings. The van der Waals surface area contributed by atoms with Crippen LogP contribution in [0.25, 0.3) is 11.3 Å². The van der Waals surface area contributed by atoms with E-state index in [0.29, 0.717) is 16.8 Å². The van der Waals surface area contributed by atoms with Gasteiger partial charge >= 0.3 is 6.61 Å². The number of amides is 1. The van der Waals surface area contributed by atoms with Crippen LogP contribution in [-0.4, -0.2) is 53.8 Å². The lowest BCUT2D eigenvalue weighted by molar-refractivity contribution is -0.0498. The highest BCUT2D eigenvalue weighted by atomic mass is 35.5. The van der Waals surface area contributed by atoms with Crippen LogP contribution < -0.4 is 10.1 Å². The van der Waals surface area contributed by atoms with Gasteiger partial charge in [-0.05, 0) is 25.1 Å². The molecule has 2 heterocycles. The van der Waals surface area contributed by atoms with Crippen LogP contribution >= 0.6 is 12.4 Å². The van der Waals surface area contributed by atoms with Crippen LogP contribution in [-0.2, 0) is 0 Å². The van der Waals surface area contributed by atoms with E-state index in [4.69, 9.17) is 0 Å². The van der Waals surface area contributed by atoms with Crippen molar-refractivity contribution >= 4 is 18.3 Å². The number of halogens is 3. The largest absolute Gasteiger partial charge is 0.435 e. The van der Waals surface area contributed by atoms with Gasteiger partial charge in [-0.25, -0.2) is 0 Å². The molecule has 1 aromatic carbocycles. The minimum absolute atomic E-state index is 0. The minimum Gasteiger partial charge on any atom is -0.435 e. The number of hydrogen-bond acceptors (Lipinski definition) is 4. The van der Waals surface area contributed by atoms with Crippen LogP contribution in [0.5, 0.6) is 5.75 Å². The Bertz CT molecular complexity index is 720. The first-order valence-corrected chi connectivity index (χ1v) is 7.62. The highest BCUT2D eigenvalue weighted by Crippen LogP contribution is 2.27. The fourth-order valence-corrected chi connectivity index (χ4v) is 2.82. The molecule has 1 saturated heterocycles. The van der Waals surface area contributed by atoms with Crippen molar-refractivity contribution in [1.82, 2.24) is 20.4 Å². The summed E-state index contributed by atoms with van der Waals surface area (Å²) in [6, 6.07) is 6.32. The third-order valence-corrected chi connectivity index (χ3v) is 4.12. The van der Waals surface area contributed by atoms with Crippen molar-refractivity contribution in [2.24, 2.45) is 0 Å². The molecular formula is C16H19ClF2N4O2. The molecule has 2 N–H and O–H groups in total. The Balaban J connectivity index is 0.00000225. The average molecular weight is 373 g/mol. The van der Waals surface area contributed by atoms with Crippen molar-refractivity contribution in [1.29, 1.82) is 0 Å². The fraction of sp³-hybridized carbons (Fsp3) is 0.375. The lowest BCUT2D eigenvalue weighted by atomic mass is 10.1. The van der Waals surface area contributed by atoms with Gasteiger partial charge in [0, 0.05) is 25.2 Å². The van der Waals surface area contributed by atoms with Gasteiger partial charge in [0.05, 0.1) is 17.5 Å². The predicted octanol–water partition coefficient (Wildman–Crippen LogP) is 2.53. The molecule has 9 heteroatoms. The molecule has 0 bridgehead atoms. The van der Waals surface area contributed by atoms with Crippen molar-refractivity contribution < 1.29 is 18.3 Å². The summed E-state index contributed by atoms with van der Waals surface area (Å²) >= 11 is 0. The molecule has 1 atom stereocenters. The number of nitrogens with one attached hydrogen (secondary N) is 2. The summed E-state index contributed by atoms with van der Waals surface area (Å²) < 4.78 is 29.2. The Hall–Kier alpha value is -2.19. The molecule has 0 saturated carbocycles. The molecule has 0 radical (unpaired) electrons. The van der Waals surface area contributed by atoms with Gasteiger partial charge in [-0.15, -0.1) is 12.4 Å². The van der Waals surface area contributed by atoms with E-state index in [2.05, 4.69) is 20.3 Å². The van der Waals surface area contributed by atoms with Gasteiger partial charge in [0.15, 0.2) is 0 Å². The monoisotopic (exact) mass is 372 g/mol. The van der Waals surface area contributed by atoms with E-state index in [-0.39, 0.29) is 30.1 Å². The van der Waals surface area contributed by atoms with Crippen LogP contribution in [0, 0.1) is 0 Å². The molecular weight excluding hydrogens is 354 g/mol. The second-order valence-electron chi connectivity index (χ2n) is 5.63. The van der Waals surface area contributed by atoms with Gasteiger partial charge in [0.25, 0.3) is 5.91 Å². The topological polar surface area (TPSA) is 70.2 Å². The van der Waals surface area contributed by atoms with E-state index in [1.165, 1.54) is 18.3 Å². The molecule has 3 rings (SSSR count). The summed E-state index contributed by atoms with van der Waals surface area (Å²) in [5, 5.41) is 9.94. The van der Waals surface area contributed by atoms with Crippen LogP contribution in [0.4, 0.5) is 8.78 Å². The SMILES string of the molecule is CN(C(=O)c1cn[nH]c1-c1cccc(OC(F)F)c1)C1CCNC1.Cl. The number of aromatic amines is 1. The van der Waals surface area contributed by atoms with E-state index in [9.17, 15) is 13.6 Å². The van der Waals surface area contributed by atoms with Crippen LogP contribution in [0.15, 0.2) is 30.5 Å². The van der Waals surface area contributed by atoms with Gasteiger partial charge in [-0.2, -0.15) is 13.9 Å². The summed E-state index contributed by atoms with van der Waals surface area (Å²) in [5.74, 6) is -0.128. The Labute approximate surface area is 150 Å². The third kappa shape index (κ3) is 4.26. The fourth-order valence-electron chi connectivity index (χ4n) is 2.82. The minimum atomic E-state index is -2.90. The number of carbonyl (C=O) groups excluding carboxylic acids is 1. The number of benzene rings is 1. The van der Waals surface area contributed by atoms with Crippen molar-refractivity contribution in [3.63, 3.8) is 0 Å². The molecule has 2 aromatic rings. The van der Waals surface area contributed by atoms with Gasteiger partial charge in [-0.1, -0.05) is 12.1 Å². The zero-order valence-corrected chi connectivity index (χ0v) is 14.4. The molecule has 6 nitrogen and oxygen atoms in total. The summed E-state index contributed by atoms with van der Waals surface area (Å²) in [6.07, 6.45) is 2.35. The van der Waals surface area contributed by atoms with Crippen molar-refractivity contribution in [2.75, 3.05) is 20.1 Å². The average Bonchev–Trinajstić information content (AvgIpc) is 3.24.